The molecule has 0 bridgehead atoms. The molecule has 5 heterocycles. The maximum absolute atomic E-state index is 14.5. The van der Waals surface area contributed by atoms with Gasteiger partial charge in [-0.3, -0.25) is 28.7 Å². The summed E-state index contributed by atoms with van der Waals surface area (Å²) in [7, 11) is -2.77. The van der Waals surface area contributed by atoms with Crippen molar-refractivity contribution in [2.75, 3.05) is 39.2 Å². The number of carbonyl (C=O) groups excluding carboxylic acids is 5. The van der Waals surface area contributed by atoms with Crippen molar-refractivity contribution in [1.82, 2.24) is 40.6 Å². The monoisotopic (exact) mass is 1160 g/mol. The highest BCUT2D eigenvalue weighted by Gasteiger charge is 2.46. The number of nitrogens with one attached hydrogen (secondary N) is 3. The average molecular weight is 1160 g/mol. The standard InChI is InChI=1S/C54H60ClN9O10S4/c1-31(77-78(9,70)71)28-73-53(69)74-40-24-42(50(67)57-26-36-14-16-38(17-15-36)47-33(3)58-30-75-47)63(27-40)51(68)48(54(6,7)8)60-44(66)29-72-23-13-11-10-12-22-56-43(65)25-41-49-62-61-35(5)64(49)52-45(32(2)34(4)76-52)46(59-41)37-18-20-39(55)21-19-37/h14-21,30-31,40-42,48H,22-29H2,1-9H3,(H,56,65)(H,57,67)(H,60,66)/t31-,40-,41+,42+,48-/m1/s1. The van der Waals surface area contributed by atoms with Crippen LogP contribution in [0.2, 0.25) is 5.02 Å². The predicted molar refractivity (Wildman–Crippen MR) is 301 cm³/mol. The lowest BCUT2D eigenvalue weighted by molar-refractivity contribution is -0.144. The van der Waals surface area contributed by atoms with Gasteiger partial charge in [0.1, 0.15) is 54.9 Å². The third kappa shape index (κ3) is 15.4. The number of hydrogen-bond donors (Lipinski definition) is 3. The summed E-state index contributed by atoms with van der Waals surface area (Å²) in [6.07, 6.45) is -1.10. The summed E-state index contributed by atoms with van der Waals surface area (Å²) in [5, 5.41) is 18.2. The first-order chi connectivity index (χ1) is 37.0. The van der Waals surface area contributed by atoms with Crippen LogP contribution in [0.25, 0.3) is 15.4 Å². The zero-order valence-electron chi connectivity index (χ0n) is 44.5. The molecule has 7 rings (SSSR count). The molecule has 412 valence electrons. The Labute approximate surface area is 470 Å². The van der Waals surface area contributed by atoms with Crippen molar-refractivity contribution >= 4 is 89.4 Å². The van der Waals surface area contributed by atoms with E-state index in [0.717, 1.165) is 60.2 Å². The quantitative estimate of drug-likeness (QED) is 0.0353. The highest BCUT2D eigenvalue weighted by Crippen LogP contribution is 2.40. The number of ether oxygens (including phenoxy) is 3. The summed E-state index contributed by atoms with van der Waals surface area (Å²) >= 11 is 9.39. The topological polar surface area (TPSA) is 242 Å². The molecule has 24 heteroatoms. The first-order valence-corrected chi connectivity index (χ1v) is 30.1. The Morgan fingerprint density at radius 3 is 2.33 bits per heavy atom. The first kappa shape index (κ1) is 59.1. The van der Waals surface area contributed by atoms with Crippen LogP contribution in [0.4, 0.5) is 4.79 Å². The number of thiophene rings is 1. The minimum atomic E-state index is -3.41. The summed E-state index contributed by atoms with van der Waals surface area (Å²) in [5.74, 6) is 10.0. The van der Waals surface area contributed by atoms with Crippen molar-refractivity contribution in [3.05, 3.63) is 104 Å². The van der Waals surface area contributed by atoms with Gasteiger partial charge >= 0.3 is 6.16 Å². The summed E-state index contributed by atoms with van der Waals surface area (Å²) in [5.41, 5.74) is 7.24. The van der Waals surface area contributed by atoms with E-state index in [2.05, 4.69) is 68.7 Å². The fraction of sp³-hybridized carbons (Fsp3) is 0.426. The Kier molecular flexibility index (Phi) is 19.6. The Hall–Kier alpha value is -6.60. The van der Waals surface area contributed by atoms with Gasteiger partial charge in [0.25, 0.3) is 0 Å². The molecule has 5 aromatic rings. The molecule has 2 aliphatic heterocycles. The molecule has 5 atom stereocenters. The number of rotatable bonds is 18. The third-order valence-corrected chi connectivity index (χ3v) is 17.8. The van der Waals surface area contributed by atoms with Gasteiger partial charge in [-0.1, -0.05) is 80.6 Å². The second-order valence-corrected chi connectivity index (χ2v) is 27.0. The van der Waals surface area contributed by atoms with E-state index in [1.54, 1.807) is 44.5 Å². The van der Waals surface area contributed by atoms with Gasteiger partial charge in [0.05, 0.1) is 46.6 Å². The number of fused-ring (bicyclic) bond motifs is 3. The molecule has 78 heavy (non-hydrogen) atoms. The number of aliphatic imine (C=N–C) groups is 1. The zero-order valence-corrected chi connectivity index (χ0v) is 48.5. The number of thiazole rings is 1. The lowest BCUT2D eigenvalue weighted by Gasteiger charge is -2.35. The Balaban J connectivity index is 0.928. The molecule has 3 aromatic heterocycles. The van der Waals surface area contributed by atoms with Gasteiger partial charge < -0.3 is 35.1 Å². The van der Waals surface area contributed by atoms with E-state index in [-0.39, 0.29) is 51.6 Å². The van der Waals surface area contributed by atoms with Crippen molar-refractivity contribution in [3.8, 4) is 39.1 Å². The van der Waals surface area contributed by atoms with E-state index in [1.165, 1.54) is 16.2 Å². The Morgan fingerprint density at radius 2 is 1.65 bits per heavy atom. The molecule has 19 nitrogen and oxygen atoms in total. The predicted octanol–water partition coefficient (Wildman–Crippen LogP) is 6.81. The van der Waals surface area contributed by atoms with Crippen molar-refractivity contribution in [2.45, 2.75) is 104 Å². The third-order valence-electron chi connectivity index (χ3n) is 12.5. The van der Waals surface area contributed by atoms with E-state index < -0.39 is 74.2 Å². The van der Waals surface area contributed by atoms with Crippen LogP contribution >= 0.6 is 45.1 Å². The molecule has 4 amide bonds. The highest BCUT2D eigenvalue weighted by molar-refractivity contribution is 8.72. The number of carbonyl (C=O) groups is 5. The number of likely N-dealkylation sites (tertiary alicyclic amines) is 1. The fourth-order valence-corrected chi connectivity index (χ4v) is 13.4. The van der Waals surface area contributed by atoms with Crippen LogP contribution in [0.15, 0.2) is 59.0 Å². The van der Waals surface area contributed by atoms with Gasteiger partial charge in [0, 0.05) is 40.2 Å². The smallest absolute Gasteiger partial charge is 0.433 e. The van der Waals surface area contributed by atoms with Crippen LogP contribution in [0.3, 0.4) is 0 Å². The summed E-state index contributed by atoms with van der Waals surface area (Å²) in [4.78, 5) is 80.8. The lowest BCUT2D eigenvalue weighted by Crippen LogP contribution is -2.58. The van der Waals surface area contributed by atoms with Crippen LogP contribution in [0.5, 0.6) is 0 Å². The van der Waals surface area contributed by atoms with Gasteiger partial charge in [-0.05, 0) is 91.5 Å². The minimum Gasteiger partial charge on any atom is -0.433 e. The van der Waals surface area contributed by atoms with Crippen molar-refractivity contribution in [3.63, 3.8) is 0 Å². The van der Waals surface area contributed by atoms with E-state index in [0.29, 0.717) is 27.5 Å². The van der Waals surface area contributed by atoms with E-state index in [4.69, 9.17) is 30.8 Å². The minimum absolute atomic E-state index is 0.00125. The number of benzene rings is 2. The number of halogens is 1. The molecule has 1 saturated heterocycles. The van der Waals surface area contributed by atoms with Crippen LogP contribution in [0, 0.1) is 56.8 Å². The van der Waals surface area contributed by atoms with E-state index in [1.807, 2.05) is 66.9 Å². The summed E-state index contributed by atoms with van der Waals surface area (Å²) in [6, 6.07) is 12.2. The van der Waals surface area contributed by atoms with Crippen LogP contribution in [-0.4, -0.2) is 131 Å². The molecular weight excluding hydrogens is 1100 g/mol. The van der Waals surface area contributed by atoms with Crippen molar-refractivity contribution in [1.29, 1.82) is 0 Å². The Morgan fingerprint density at radius 1 is 0.949 bits per heavy atom. The first-order valence-electron chi connectivity index (χ1n) is 24.7. The van der Waals surface area contributed by atoms with Crippen LogP contribution in [0.1, 0.15) is 91.1 Å². The van der Waals surface area contributed by atoms with Crippen LogP contribution < -0.4 is 16.0 Å². The van der Waals surface area contributed by atoms with Gasteiger partial charge in [-0.25, -0.2) is 18.2 Å². The molecule has 0 spiro atoms. The molecule has 2 aliphatic rings. The summed E-state index contributed by atoms with van der Waals surface area (Å²) < 4.78 is 41.6. The molecule has 0 radical (unpaired) electrons. The van der Waals surface area contributed by atoms with Gasteiger partial charge in [-0.2, -0.15) is 0 Å². The molecule has 1 fully saturated rings. The van der Waals surface area contributed by atoms with Gasteiger partial charge in [0.15, 0.2) is 14.7 Å². The van der Waals surface area contributed by atoms with Gasteiger partial charge in [0.2, 0.25) is 23.6 Å². The SMILES string of the molecule is Cc1ncsc1-c1ccc(CNC(=O)[C@@H]2C[C@@H](OC(=O)OC[C@@H](C)SS(C)(=O)=O)CN2C(=O)[C@@H](NC(=O)COCC#CC#CCNC(=O)C[C@@H]2N=C(c3ccc(Cl)cc3)c3c(sc(C)c3C)-n3c(C)nnc32)C(C)(C)C)cc1. The lowest BCUT2D eigenvalue weighted by atomic mass is 9.85. The number of nitrogens with zero attached hydrogens (tertiary/aromatic N) is 6. The van der Waals surface area contributed by atoms with Gasteiger partial charge in [-0.15, -0.1) is 32.9 Å². The second kappa shape index (κ2) is 25.9. The van der Waals surface area contributed by atoms with Crippen molar-refractivity contribution < 1.29 is 46.6 Å². The van der Waals surface area contributed by atoms with Crippen molar-refractivity contribution in [2.24, 2.45) is 10.4 Å². The zero-order chi connectivity index (χ0) is 56.5. The second-order valence-electron chi connectivity index (χ2n) is 19.7. The fourth-order valence-electron chi connectivity index (χ4n) is 8.62. The molecular formula is C54H60ClN9O10S4. The molecule has 2 aromatic carbocycles. The maximum Gasteiger partial charge on any atom is 0.508 e. The highest BCUT2D eigenvalue weighted by atomic mass is 35.5. The molecule has 3 N–H and O–H groups in total. The molecule has 0 aliphatic carbocycles. The van der Waals surface area contributed by atoms with Crippen LogP contribution in [-0.2, 0) is 48.8 Å². The molecule has 0 saturated carbocycles. The average Bonchev–Trinajstić information content (AvgIpc) is 4.19. The number of aryl methyl sites for hydroxylation is 3. The number of amides is 4. The van der Waals surface area contributed by atoms with E-state index >= 15 is 0 Å². The summed E-state index contributed by atoms with van der Waals surface area (Å²) in [6.45, 7) is 13.8. The maximum atomic E-state index is 14.5. The van der Waals surface area contributed by atoms with E-state index in [9.17, 15) is 32.4 Å². The molecule has 0 unspecified atom stereocenters. The largest absolute Gasteiger partial charge is 0.508 e. The normalized spacial score (nSPS) is 16.6. The number of aromatic nitrogens is 4. The number of hydrogen-bond acceptors (Lipinski definition) is 17. The Bertz CT molecular complexity index is 3330.